The molecule has 2 atom stereocenters. The number of aliphatic hydroxyl groups is 1. The second-order valence-corrected chi connectivity index (χ2v) is 6.33. The van der Waals surface area contributed by atoms with Gasteiger partial charge < -0.3 is 10.0 Å². The highest BCUT2D eigenvalue weighted by Gasteiger charge is 2.38. The van der Waals surface area contributed by atoms with Crippen LogP contribution in [0.1, 0.15) is 40.5 Å². The van der Waals surface area contributed by atoms with E-state index in [0.717, 1.165) is 19.5 Å². The predicted octanol–water partition coefficient (Wildman–Crippen LogP) is 1.34. The third-order valence-corrected chi connectivity index (χ3v) is 3.90. The molecule has 0 bridgehead atoms. The molecule has 18 heavy (non-hydrogen) atoms. The molecule has 1 amide bonds. The van der Waals surface area contributed by atoms with Gasteiger partial charge in [0, 0.05) is 25.7 Å². The quantitative estimate of drug-likeness (QED) is 0.825. The van der Waals surface area contributed by atoms with Gasteiger partial charge in [0.2, 0.25) is 5.91 Å². The molecule has 1 fully saturated rings. The Morgan fingerprint density at radius 2 is 2.06 bits per heavy atom. The third kappa shape index (κ3) is 3.45. The van der Waals surface area contributed by atoms with E-state index in [9.17, 15) is 4.79 Å². The highest BCUT2D eigenvalue weighted by Crippen LogP contribution is 2.27. The molecule has 0 aliphatic carbocycles. The lowest BCUT2D eigenvalue weighted by molar-refractivity contribution is -0.137. The Bertz CT molecular complexity index is 292. The lowest BCUT2D eigenvalue weighted by atomic mass is 9.92. The molecule has 1 saturated heterocycles. The summed E-state index contributed by atoms with van der Waals surface area (Å²) in [5, 5.41) is 9.16. The lowest BCUT2D eigenvalue weighted by Gasteiger charge is -2.33. The first kappa shape index (κ1) is 15.4. The van der Waals surface area contributed by atoms with Gasteiger partial charge in [0.05, 0.1) is 6.04 Å². The zero-order chi connectivity index (χ0) is 13.9. The number of carbonyl (C=O) groups is 1. The van der Waals surface area contributed by atoms with Gasteiger partial charge >= 0.3 is 0 Å². The number of hydrogen-bond acceptors (Lipinski definition) is 3. The van der Waals surface area contributed by atoms with Gasteiger partial charge in [-0.1, -0.05) is 20.8 Å². The number of hydrogen-bond donors (Lipinski definition) is 1. The Kier molecular flexibility index (Phi) is 5.17. The van der Waals surface area contributed by atoms with Crippen LogP contribution >= 0.6 is 0 Å². The maximum atomic E-state index is 12.6. The minimum atomic E-state index is -0.175. The molecule has 1 aliphatic rings. The first-order valence-corrected chi connectivity index (χ1v) is 6.94. The molecule has 4 nitrogen and oxygen atoms in total. The van der Waals surface area contributed by atoms with E-state index in [0.29, 0.717) is 6.42 Å². The van der Waals surface area contributed by atoms with Crippen LogP contribution in [0.15, 0.2) is 0 Å². The molecular formula is C14H28N2O2. The van der Waals surface area contributed by atoms with E-state index < -0.39 is 0 Å². The zero-order valence-corrected chi connectivity index (χ0v) is 12.4. The van der Waals surface area contributed by atoms with Crippen LogP contribution in [0, 0.1) is 5.41 Å². The number of carbonyl (C=O) groups excluding carboxylic acids is 1. The fourth-order valence-electron chi connectivity index (χ4n) is 2.81. The van der Waals surface area contributed by atoms with Gasteiger partial charge in [0.1, 0.15) is 0 Å². The monoisotopic (exact) mass is 256 g/mol. The predicted molar refractivity (Wildman–Crippen MR) is 73.4 cm³/mol. The molecule has 1 rings (SSSR count). The summed E-state index contributed by atoms with van der Waals surface area (Å²) in [4.78, 5) is 16.7. The molecule has 1 N–H and O–H groups in total. The molecule has 0 aromatic heterocycles. The Morgan fingerprint density at radius 1 is 1.44 bits per heavy atom. The zero-order valence-electron chi connectivity index (χ0n) is 12.4. The van der Waals surface area contributed by atoms with Crippen LogP contribution in [-0.2, 0) is 4.79 Å². The van der Waals surface area contributed by atoms with Crippen LogP contribution < -0.4 is 0 Å². The summed E-state index contributed by atoms with van der Waals surface area (Å²) in [5.74, 6) is 0.173. The fraction of sp³-hybridized carbons (Fsp3) is 0.929. The average molecular weight is 256 g/mol. The van der Waals surface area contributed by atoms with E-state index in [2.05, 4.69) is 32.6 Å². The number of rotatable bonds is 4. The number of aliphatic hydroxyl groups excluding tert-OH is 1. The van der Waals surface area contributed by atoms with E-state index >= 15 is 0 Å². The van der Waals surface area contributed by atoms with Crippen molar-refractivity contribution in [2.75, 3.05) is 26.7 Å². The summed E-state index contributed by atoms with van der Waals surface area (Å²) < 4.78 is 0. The molecule has 1 aliphatic heterocycles. The van der Waals surface area contributed by atoms with Crippen LogP contribution in [0.3, 0.4) is 0 Å². The second kappa shape index (κ2) is 6.02. The smallest absolute Gasteiger partial charge is 0.240 e. The number of likely N-dealkylation sites (N-methyl/N-ethyl adjacent to an activating group) is 1. The second-order valence-electron chi connectivity index (χ2n) is 6.33. The molecular weight excluding hydrogens is 228 g/mol. The highest BCUT2D eigenvalue weighted by molar-refractivity contribution is 5.82. The van der Waals surface area contributed by atoms with Crippen LogP contribution in [-0.4, -0.2) is 59.6 Å². The van der Waals surface area contributed by atoms with Gasteiger partial charge in [-0.05, 0) is 32.2 Å². The Labute approximate surface area is 111 Å². The summed E-state index contributed by atoms with van der Waals surface area (Å²) in [5.41, 5.74) is 0.0953. The third-order valence-electron chi connectivity index (χ3n) is 3.90. The van der Waals surface area contributed by atoms with E-state index in [-0.39, 0.29) is 30.0 Å². The van der Waals surface area contributed by atoms with Gasteiger partial charge in [-0.15, -0.1) is 0 Å². The lowest BCUT2D eigenvalue weighted by Crippen LogP contribution is -2.48. The van der Waals surface area contributed by atoms with Crippen molar-refractivity contribution in [3.63, 3.8) is 0 Å². The van der Waals surface area contributed by atoms with Crippen molar-refractivity contribution < 1.29 is 9.90 Å². The normalized spacial score (nSPS) is 27.1. The van der Waals surface area contributed by atoms with Crippen molar-refractivity contribution in [1.82, 2.24) is 9.80 Å². The molecule has 0 spiro atoms. The van der Waals surface area contributed by atoms with Gasteiger partial charge in [0.15, 0.2) is 0 Å². The minimum Gasteiger partial charge on any atom is -0.396 e. The summed E-state index contributed by atoms with van der Waals surface area (Å²) in [6.07, 6.45) is 1.50. The highest BCUT2D eigenvalue weighted by atomic mass is 16.3. The summed E-state index contributed by atoms with van der Waals surface area (Å²) >= 11 is 0. The first-order chi connectivity index (χ1) is 8.32. The van der Waals surface area contributed by atoms with E-state index in [1.165, 1.54) is 0 Å². The molecule has 0 saturated carbocycles. The molecule has 0 radical (unpaired) electrons. The minimum absolute atomic E-state index is 0.0650. The van der Waals surface area contributed by atoms with Gasteiger partial charge in [-0.2, -0.15) is 0 Å². The topological polar surface area (TPSA) is 43.8 Å². The molecule has 4 heteroatoms. The number of nitrogens with zero attached hydrogens (tertiary/aromatic N) is 2. The van der Waals surface area contributed by atoms with Crippen molar-refractivity contribution >= 4 is 5.91 Å². The number of amides is 1. The SMILES string of the molecule is CCC(C)N1CC(C)(C)CN(C)C(CCO)C1=O. The average Bonchev–Trinajstić information content (AvgIpc) is 2.37. The summed E-state index contributed by atoms with van der Waals surface area (Å²) in [6.45, 7) is 10.4. The van der Waals surface area contributed by atoms with Gasteiger partial charge in [0.25, 0.3) is 0 Å². The van der Waals surface area contributed by atoms with Crippen LogP contribution in [0.25, 0.3) is 0 Å². The van der Waals surface area contributed by atoms with Crippen LogP contribution in [0.4, 0.5) is 0 Å². The van der Waals surface area contributed by atoms with Crippen molar-refractivity contribution in [3.8, 4) is 0 Å². The molecule has 2 unspecified atom stereocenters. The Balaban J connectivity index is 2.99. The maximum Gasteiger partial charge on any atom is 0.240 e. The van der Waals surface area contributed by atoms with Gasteiger partial charge in [-0.3, -0.25) is 9.69 Å². The van der Waals surface area contributed by atoms with Gasteiger partial charge in [-0.25, -0.2) is 0 Å². The summed E-state index contributed by atoms with van der Waals surface area (Å²) in [7, 11) is 1.99. The van der Waals surface area contributed by atoms with E-state index in [4.69, 9.17) is 5.11 Å². The van der Waals surface area contributed by atoms with Crippen LogP contribution in [0.5, 0.6) is 0 Å². The van der Waals surface area contributed by atoms with Crippen molar-refractivity contribution in [2.24, 2.45) is 5.41 Å². The standard InChI is InChI=1S/C14H28N2O2/c1-6-11(2)16-10-14(3,4)9-15(5)12(7-8-17)13(16)18/h11-12,17H,6-10H2,1-5H3. The Hall–Kier alpha value is -0.610. The largest absolute Gasteiger partial charge is 0.396 e. The van der Waals surface area contributed by atoms with Crippen molar-refractivity contribution in [3.05, 3.63) is 0 Å². The van der Waals surface area contributed by atoms with E-state index in [1.807, 2.05) is 11.9 Å². The summed E-state index contributed by atoms with van der Waals surface area (Å²) in [6, 6.07) is 0.0928. The first-order valence-electron chi connectivity index (χ1n) is 6.94. The maximum absolute atomic E-state index is 12.6. The molecule has 1 heterocycles. The Morgan fingerprint density at radius 3 is 2.56 bits per heavy atom. The van der Waals surface area contributed by atoms with E-state index in [1.54, 1.807) is 0 Å². The van der Waals surface area contributed by atoms with Crippen molar-refractivity contribution in [2.45, 2.75) is 52.6 Å². The molecule has 0 aromatic carbocycles. The molecule has 106 valence electrons. The van der Waals surface area contributed by atoms with Crippen LogP contribution in [0.2, 0.25) is 0 Å². The molecule has 0 aromatic rings. The fourth-order valence-corrected chi connectivity index (χ4v) is 2.81. The van der Waals surface area contributed by atoms with Crippen molar-refractivity contribution in [1.29, 1.82) is 0 Å².